The molecular formula is C35H37ClF6N4O6. The summed E-state index contributed by atoms with van der Waals surface area (Å²) in [5.74, 6) is -14.6. The van der Waals surface area contributed by atoms with Crippen molar-refractivity contribution >= 4 is 41.0 Å². The second-order valence-corrected chi connectivity index (χ2v) is 12.0. The van der Waals surface area contributed by atoms with E-state index in [0.29, 0.717) is 5.56 Å². The highest BCUT2D eigenvalue weighted by atomic mass is 35.5. The Morgan fingerprint density at radius 2 is 1.58 bits per heavy atom. The predicted molar refractivity (Wildman–Crippen MR) is 180 cm³/mol. The highest BCUT2D eigenvalue weighted by Gasteiger charge is 2.52. The molecule has 10 nitrogen and oxygen atoms in total. The highest BCUT2D eigenvalue weighted by Crippen LogP contribution is 2.22. The number of benzene rings is 2. The molecule has 0 spiro atoms. The van der Waals surface area contributed by atoms with Gasteiger partial charge in [-0.05, 0) is 66.5 Å². The number of halogens is 7. The number of rotatable bonds is 17. The molecule has 0 fully saturated rings. The third-order valence-electron chi connectivity index (χ3n) is 7.23. The van der Waals surface area contributed by atoms with Gasteiger partial charge in [0.25, 0.3) is 11.8 Å². The molecular weight excluding hydrogens is 722 g/mol. The van der Waals surface area contributed by atoms with Crippen molar-refractivity contribution in [1.29, 1.82) is 0 Å². The minimum atomic E-state index is -5.06. The maximum absolute atomic E-state index is 14.9. The topological polar surface area (TPSA) is 143 Å². The molecule has 0 saturated carbocycles. The smallest absolute Gasteiger partial charge is 0.405 e. The summed E-state index contributed by atoms with van der Waals surface area (Å²) < 4.78 is 86.4. The van der Waals surface area contributed by atoms with Crippen molar-refractivity contribution in [2.45, 2.75) is 57.4 Å². The van der Waals surface area contributed by atoms with Crippen LogP contribution in [-0.4, -0.2) is 73.3 Å². The summed E-state index contributed by atoms with van der Waals surface area (Å²) in [7, 11) is 1.33. The highest BCUT2D eigenvalue weighted by molar-refractivity contribution is 6.30. The van der Waals surface area contributed by atoms with Gasteiger partial charge in [0.15, 0.2) is 0 Å². The molecule has 282 valence electrons. The van der Waals surface area contributed by atoms with E-state index in [1.807, 2.05) is 5.32 Å². The number of ketones is 1. The lowest BCUT2D eigenvalue weighted by Crippen LogP contribution is -2.60. The Kier molecular flexibility index (Phi) is 15.7. The molecule has 0 unspecified atom stereocenters. The summed E-state index contributed by atoms with van der Waals surface area (Å²) in [4.78, 5) is 65.5. The van der Waals surface area contributed by atoms with Crippen LogP contribution in [0.1, 0.15) is 36.7 Å². The summed E-state index contributed by atoms with van der Waals surface area (Å²) in [6.45, 7) is 5.67. The molecule has 0 aliphatic carbocycles. The molecule has 3 atom stereocenters. The molecule has 17 heteroatoms. The second-order valence-electron chi connectivity index (χ2n) is 11.6. The third-order valence-corrected chi connectivity index (χ3v) is 7.46. The lowest BCUT2D eigenvalue weighted by atomic mass is 9.94. The number of carbonyl (C=O) groups is 5. The molecule has 0 aliphatic heterocycles. The number of carbonyl (C=O) groups excluding carboxylic acids is 5. The fraction of sp³-hybridized carbons (Fsp3) is 0.343. The Hall–Kier alpha value is -5.12. The minimum absolute atomic E-state index is 0.150. The number of alkyl halides is 5. The largest absolute Gasteiger partial charge is 0.497 e. The van der Waals surface area contributed by atoms with Gasteiger partial charge in [0.1, 0.15) is 30.2 Å². The molecule has 2 rings (SSSR count). The van der Waals surface area contributed by atoms with Crippen LogP contribution >= 0.6 is 11.6 Å². The van der Waals surface area contributed by atoms with Crippen molar-refractivity contribution in [3.05, 3.63) is 107 Å². The summed E-state index contributed by atoms with van der Waals surface area (Å²) in [6.07, 6.45) is -1.18. The summed E-state index contributed by atoms with van der Waals surface area (Å²) >= 11 is 6.09. The van der Waals surface area contributed by atoms with Crippen LogP contribution in [0.25, 0.3) is 0 Å². The van der Waals surface area contributed by atoms with Crippen LogP contribution in [0.5, 0.6) is 0 Å². The van der Waals surface area contributed by atoms with Crippen LogP contribution in [0, 0.1) is 11.7 Å². The van der Waals surface area contributed by atoms with E-state index in [1.165, 1.54) is 57.4 Å². The van der Waals surface area contributed by atoms with Crippen molar-refractivity contribution in [3.8, 4) is 0 Å². The average molecular weight is 759 g/mol. The van der Waals surface area contributed by atoms with Crippen molar-refractivity contribution < 1.29 is 55.1 Å². The summed E-state index contributed by atoms with van der Waals surface area (Å²) in [6, 6.07) is 5.29. The molecule has 2 aromatic rings. The van der Waals surface area contributed by atoms with E-state index in [9.17, 15) is 50.3 Å². The van der Waals surface area contributed by atoms with E-state index in [0.717, 1.165) is 17.4 Å². The first-order valence-electron chi connectivity index (χ1n) is 15.5. The van der Waals surface area contributed by atoms with E-state index in [4.69, 9.17) is 16.3 Å². The monoisotopic (exact) mass is 758 g/mol. The number of ether oxygens (including phenoxy) is 1. The molecule has 2 aromatic carbocycles. The van der Waals surface area contributed by atoms with Crippen LogP contribution in [0.15, 0.2) is 84.7 Å². The molecule has 4 amide bonds. The number of hydrogen-bond acceptors (Lipinski definition) is 6. The van der Waals surface area contributed by atoms with Crippen LogP contribution in [0.3, 0.4) is 0 Å². The zero-order valence-electron chi connectivity index (χ0n) is 28.4. The molecule has 4 N–H and O–H groups in total. The first kappa shape index (κ1) is 43.0. The Balaban J connectivity index is 2.51. The SMILES string of the molecule is C=C(/C=C\C(=C/C)OC)[C@H](NC(=O)[C@H](Cc1cccc(Cl)c1)NC(=O)c1cccc(F)c1)C(=O)N[C@H](C(=O)C(F)(F)C(=O)NCC(F)(F)F)C(C)C. The Morgan fingerprint density at radius 1 is 0.923 bits per heavy atom. The van der Waals surface area contributed by atoms with Crippen LogP contribution in [0.2, 0.25) is 5.02 Å². The summed E-state index contributed by atoms with van der Waals surface area (Å²) in [5.41, 5.74) is 0.105. The fourth-order valence-electron chi connectivity index (χ4n) is 4.49. The zero-order valence-corrected chi connectivity index (χ0v) is 29.1. The Morgan fingerprint density at radius 3 is 2.13 bits per heavy atom. The minimum Gasteiger partial charge on any atom is -0.497 e. The van der Waals surface area contributed by atoms with Crippen molar-refractivity contribution in [3.63, 3.8) is 0 Å². The lowest BCUT2D eigenvalue weighted by molar-refractivity contribution is -0.165. The van der Waals surface area contributed by atoms with Gasteiger partial charge in [-0.15, -0.1) is 0 Å². The van der Waals surface area contributed by atoms with Crippen LogP contribution in [0.4, 0.5) is 26.3 Å². The number of nitrogens with one attached hydrogen (secondary N) is 4. The van der Waals surface area contributed by atoms with Gasteiger partial charge in [0, 0.05) is 17.0 Å². The molecule has 0 radical (unpaired) electrons. The van der Waals surface area contributed by atoms with Crippen LogP contribution < -0.4 is 21.3 Å². The second kappa shape index (κ2) is 18.9. The van der Waals surface area contributed by atoms with Crippen molar-refractivity contribution in [2.24, 2.45) is 5.92 Å². The molecule has 0 heterocycles. The summed E-state index contributed by atoms with van der Waals surface area (Å²) in [5, 5.41) is 8.13. The first-order valence-corrected chi connectivity index (χ1v) is 15.8. The Bertz CT molecular complexity index is 1710. The quantitative estimate of drug-likeness (QED) is 0.0776. The van der Waals surface area contributed by atoms with Gasteiger partial charge in [0.05, 0.1) is 13.2 Å². The average Bonchev–Trinajstić information content (AvgIpc) is 3.07. The fourth-order valence-corrected chi connectivity index (χ4v) is 4.70. The number of methoxy groups -OCH3 is 1. The Labute approximate surface area is 300 Å². The normalized spacial score (nSPS) is 13.9. The number of amides is 4. The van der Waals surface area contributed by atoms with Crippen molar-refractivity contribution in [2.75, 3.05) is 13.7 Å². The molecule has 0 aliphatic rings. The molecule has 52 heavy (non-hydrogen) atoms. The van der Waals surface area contributed by atoms with Gasteiger partial charge >= 0.3 is 12.1 Å². The molecule has 0 aromatic heterocycles. The lowest BCUT2D eigenvalue weighted by Gasteiger charge is -2.28. The molecule has 0 bridgehead atoms. The van der Waals surface area contributed by atoms with Crippen LogP contribution in [-0.2, 0) is 30.3 Å². The number of Topliss-reactive ketones (excluding diaryl/α,β-unsaturated/α-hetero) is 1. The van der Waals surface area contributed by atoms with Gasteiger partial charge in [-0.1, -0.05) is 56.3 Å². The predicted octanol–water partition coefficient (Wildman–Crippen LogP) is 4.99. The standard InChI is InChI=1S/C35H37ClF6N4O6/c1-6-25(52-5)14-13-20(4)28(32(50)45-27(19(2)3)29(47)35(41,42)33(51)43-18-34(38,39)40)46-31(49)26(16-21-9-7-11-23(36)15-21)44-30(48)22-10-8-12-24(37)17-22/h6-15,17,19,26-28H,4,16,18H2,1-3,5H3,(H,43,51)(H,44,48)(H,45,50)(H,46,49)/b14-13-,25-6+/t26-,27-,28-/m0/s1. The molecule has 0 saturated heterocycles. The van der Waals surface area contributed by atoms with Gasteiger partial charge < -0.3 is 26.0 Å². The van der Waals surface area contributed by atoms with E-state index >= 15 is 0 Å². The third kappa shape index (κ3) is 12.9. The maximum atomic E-state index is 14.9. The number of hydrogen-bond donors (Lipinski definition) is 4. The van der Waals surface area contributed by atoms with E-state index in [-0.39, 0.29) is 28.3 Å². The maximum Gasteiger partial charge on any atom is 0.405 e. The van der Waals surface area contributed by atoms with E-state index in [2.05, 4.69) is 17.2 Å². The van der Waals surface area contributed by atoms with E-state index in [1.54, 1.807) is 25.1 Å². The van der Waals surface area contributed by atoms with E-state index < -0.39 is 77.9 Å². The first-order chi connectivity index (χ1) is 24.2. The zero-order chi connectivity index (χ0) is 39.4. The number of allylic oxidation sites excluding steroid dienone is 2. The van der Waals surface area contributed by atoms with Gasteiger partial charge in [-0.3, -0.25) is 24.0 Å². The van der Waals surface area contributed by atoms with Gasteiger partial charge in [-0.2, -0.15) is 22.0 Å². The van der Waals surface area contributed by atoms with Crippen molar-refractivity contribution in [1.82, 2.24) is 21.3 Å². The van der Waals surface area contributed by atoms with Gasteiger partial charge in [0.2, 0.25) is 17.6 Å². The van der Waals surface area contributed by atoms with Gasteiger partial charge in [-0.25, -0.2) is 4.39 Å².